The zero-order valence-electron chi connectivity index (χ0n) is 12.4. The Bertz CT molecular complexity index is 376. The molecule has 2 unspecified atom stereocenters. The van der Waals surface area contributed by atoms with E-state index in [1.165, 1.54) is 31.4 Å². The van der Waals surface area contributed by atoms with Gasteiger partial charge in [-0.1, -0.05) is 50.6 Å². The predicted molar refractivity (Wildman–Crippen MR) is 81.9 cm³/mol. The maximum Gasteiger partial charge on any atom is 0.0233 e. The Morgan fingerprint density at radius 2 is 2.05 bits per heavy atom. The van der Waals surface area contributed by atoms with Crippen molar-refractivity contribution in [1.29, 1.82) is 0 Å². The van der Waals surface area contributed by atoms with Crippen molar-refractivity contribution in [2.45, 2.75) is 39.7 Å². The molecule has 1 aromatic carbocycles. The highest BCUT2D eigenvalue weighted by Gasteiger charge is 2.38. The number of hydrogen-bond donors (Lipinski definition) is 1. The quantitative estimate of drug-likeness (QED) is 0.880. The van der Waals surface area contributed by atoms with Gasteiger partial charge >= 0.3 is 0 Å². The van der Waals surface area contributed by atoms with E-state index in [0.717, 1.165) is 25.6 Å². The van der Waals surface area contributed by atoms with Gasteiger partial charge in [-0.2, -0.15) is 0 Å². The van der Waals surface area contributed by atoms with Gasteiger partial charge in [-0.15, -0.1) is 0 Å². The van der Waals surface area contributed by atoms with Gasteiger partial charge in [0.2, 0.25) is 0 Å². The molecule has 2 nitrogen and oxygen atoms in total. The van der Waals surface area contributed by atoms with Crippen molar-refractivity contribution < 1.29 is 0 Å². The maximum atomic E-state index is 6.14. The fourth-order valence-corrected chi connectivity index (χ4v) is 3.44. The lowest BCUT2D eigenvalue weighted by Gasteiger charge is -2.46. The zero-order valence-corrected chi connectivity index (χ0v) is 12.4. The van der Waals surface area contributed by atoms with Crippen LogP contribution in [0.5, 0.6) is 0 Å². The van der Waals surface area contributed by atoms with Crippen LogP contribution in [0.3, 0.4) is 0 Å². The number of rotatable bonds is 5. The van der Waals surface area contributed by atoms with Crippen LogP contribution in [0.15, 0.2) is 30.3 Å². The molecule has 0 saturated carbocycles. The number of hydrogen-bond acceptors (Lipinski definition) is 2. The lowest BCUT2D eigenvalue weighted by atomic mass is 9.69. The third-order valence-electron chi connectivity index (χ3n) is 5.00. The fourth-order valence-electron chi connectivity index (χ4n) is 3.44. The Kier molecular flexibility index (Phi) is 5.00. The monoisotopic (exact) mass is 260 g/mol. The van der Waals surface area contributed by atoms with E-state index in [1.54, 1.807) is 0 Å². The topological polar surface area (TPSA) is 29.3 Å². The summed E-state index contributed by atoms with van der Waals surface area (Å²) in [5.41, 5.74) is 7.89. The highest BCUT2D eigenvalue weighted by molar-refractivity contribution is 5.14. The molecule has 2 atom stereocenters. The fraction of sp³-hybridized carbons (Fsp3) is 0.647. The second-order valence-electron chi connectivity index (χ2n) is 6.18. The first kappa shape index (κ1) is 14.5. The van der Waals surface area contributed by atoms with Crippen LogP contribution in [-0.4, -0.2) is 24.5 Å². The Labute approximate surface area is 118 Å². The third-order valence-corrected chi connectivity index (χ3v) is 5.00. The summed E-state index contributed by atoms with van der Waals surface area (Å²) in [4.78, 5) is 2.60. The van der Waals surface area contributed by atoms with Crippen molar-refractivity contribution in [2.24, 2.45) is 17.1 Å². The second-order valence-corrected chi connectivity index (χ2v) is 6.18. The molecule has 0 bridgehead atoms. The molecule has 1 aliphatic heterocycles. The van der Waals surface area contributed by atoms with Crippen LogP contribution in [0.25, 0.3) is 0 Å². The largest absolute Gasteiger partial charge is 0.330 e. The number of likely N-dealkylation sites (tertiary alicyclic amines) is 1. The van der Waals surface area contributed by atoms with Crippen molar-refractivity contribution in [3.8, 4) is 0 Å². The third kappa shape index (κ3) is 3.37. The van der Waals surface area contributed by atoms with E-state index in [-0.39, 0.29) is 0 Å². The molecule has 0 aromatic heterocycles. The molecule has 19 heavy (non-hydrogen) atoms. The summed E-state index contributed by atoms with van der Waals surface area (Å²) in [7, 11) is 0. The number of nitrogens with two attached hydrogens (primary N) is 1. The Hall–Kier alpha value is -0.860. The van der Waals surface area contributed by atoms with Gasteiger partial charge in [0, 0.05) is 13.1 Å². The highest BCUT2D eigenvalue weighted by atomic mass is 15.1. The van der Waals surface area contributed by atoms with E-state index < -0.39 is 0 Å². The molecule has 1 aliphatic rings. The zero-order chi connectivity index (χ0) is 13.7. The summed E-state index contributed by atoms with van der Waals surface area (Å²) in [6.45, 7) is 8.93. The minimum absolute atomic E-state index is 0.335. The Balaban J connectivity index is 2.04. The van der Waals surface area contributed by atoms with E-state index in [4.69, 9.17) is 5.73 Å². The molecule has 0 spiro atoms. The summed E-state index contributed by atoms with van der Waals surface area (Å²) in [5, 5.41) is 0. The molecule has 0 amide bonds. The Morgan fingerprint density at radius 1 is 1.32 bits per heavy atom. The smallest absolute Gasteiger partial charge is 0.0233 e. The van der Waals surface area contributed by atoms with Crippen LogP contribution >= 0.6 is 0 Å². The first-order chi connectivity index (χ1) is 9.20. The van der Waals surface area contributed by atoms with E-state index in [9.17, 15) is 0 Å². The minimum atomic E-state index is 0.335. The summed E-state index contributed by atoms with van der Waals surface area (Å²) < 4.78 is 0. The van der Waals surface area contributed by atoms with Gasteiger partial charge in [0.15, 0.2) is 0 Å². The molecule has 2 N–H and O–H groups in total. The molecule has 106 valence electrons. The van der Waals surface area contributed by atoms with Crippen LogP contribution in [0.1, 0.15) is 38.7 Å². The SMILES string of the molecule is CCC(C)C1(CN)CCCN(Cc2ccccc2)C1. The molecule has 1 saturated heterocycles. The van der Waals surface area contributed by atoms with E-state index in [2.05, 4.69) is 49.1 Å². The lowest BCUT2D eigenvalue weighted by molar-refractivity contribution is 0.0419. The molecular formula is C17H28N2. The molecule has 0 radical (unpaired) electrons. The molecule has 2 heteroatoms. The molecular weight excluding hydrogens is 232 g/mol. The van der Waals surface area contributed by atoms with Crippen LogP contribution in [-0.2, 0) is 6.54 Å². The maximum absolute atomic E-state index is 6.14. The number of nitrogens with zero attached hydrogens (tertiary/aromatic N) is 1. The number of piperidine rings is 1. The van der Waals surface area contributed by atoms with Crippen molar-refractivity contribution in [3.63, 3.8) is 0 Å². The molecule has 2 rings (SSSR count). The van der Waals surface area contributed by atoms with Gasteiger partial charge in [0.1, 0.15) is 0 Å². The van der Waals surface area contributed by atoms with E-state index in [0.29, 0.717) is 5.41 Å². The van der Waals surface area contributed by atoms with Gasteiger partial charge in [-0.05, 0) is 42.8 Å². The first-order valence-electron chi connectivity index (χ1n) is 7.66. The molecule has 0 aliphatic carbocycles. The molecule has 1 heterocycles. The van der Waals surface area contributed by atoms with Crippen LogP contribution < -0.4 is 5.73 Å². The van der Waals surface area contributed by atoms with Crippen molar-refractivity contribution in [1.82, 2.24) is 4.90 Å². The van der Waals surface area contributed by atoms with Crippen molar-refractivity contribution >= 4 is 0 Å². The minimum Gasteiger partial charge on any atom is -0.330 e. The average Bonchev–Trinajstić information content (AvgIpc) is 2.47. The van der Waals surface area contributed by atoms with E-state index in [1.807, 2.05) is 0 Å². The van der Waals surface area contributed by atoms with Gasteiger partial charge in [-0.25, -0.2) is 0 Å². The van der Waals surface area contributed by atoms with Gasteiger partial charge in [-0.3, -0.25) is 4.90 Å². The van der Waals surface area contributed by atoms with Crippen molar-refractivity contribution in [3.05, 3.63) is 35.9 Å². The average molecular weight is 260 g/mol. The molecule has 1 fully saturated rings. The number of benzene rings is 1. The van der Waals surface area contributed by atoms with E-state index >= 15 is 0 Å². The highest BCUT2D eigenvalue weighted by Crippen LogP contribution is 2.38. The summed E-state index contributed by atoms with van der Waals surface area (Å²) >= 11 is 0. The second kappa shape index (κ2) is 6.53. The first-order valence-corrected chi connectivity index (χ1v) is 7.66. The normalized spacial score (nSPS) is 26.3. The summed E-state index contributed by atoms with van der Waals surface area (Å²) in [6, 6.07) is 10.8. The predicted octanol–water partition coefficient (Wildman–Crippen LogP) is 3.27. The summed E-state index contributed by atoms with van der Waals surface area (Å²) in [6.07, 6.45) is 3.81. The van der Waals surface area contributed by atoms with Gasteiger partial charge in [0.25, 0.3) is 0 Å². The summed E-state index contributed by atoms with van der Waals surface area (Å²) in [5.74, 6) is 0.719. The standard InChI is InChI=1S/C17H28N2/c1-3-15(2)17(13-18)10-7-11-19(14-17)12-16-8-5-4-6-9-16/h4-6,8-9,15H,3,7,10-14,18H2,1-2H3. The lowest BCUT2D eigenvalue weighted by Crippen LogP contribution is -2.50. The van der Waals surface area contributed by atoms with Crippen LogP contribution in [0, 0.1) is 11.3 Å². The Morgan fingerprint density at radius 3 is 2.68 bits per heavy atom. The van der Waals surface area contributed by atoms with Crippen LogP contribution in [0.2, 0.25) is 0 Å². The van der Waals surface area contributed by atoms with Crippen LogP contribution in [0.4, 0.5) is 0 Å². The molecule has 1 aromatic rings. The van der Waals surface area contributed by atoms with Crippen molar-refractivity contribution in [2.75, 3.05) is 19.6 Å². The van der Waals surface area contributed by atoms with Gasteiger partial charge in [0.05, 0.1) is 0 Å². The van der Waals surface area contributed by atoms with Gasteiger partial charge < -0.3 is 5.73 Å².